The molecule has 2 N–H and O–H groups in total. The molecule has 0 aliphatic rings. The molecular weight excluding hydrogens is 432 g/mol. The summed E-state index contributed by atoms with van der Waals surface area (Å²) in [6, 6.07) is 20.0. The minimum absolute atomic E-state index is 0.0558. The number of nitrogens with zero attached hydrogens (tertiary/aromatic N) is 4. The van der Waals surface area contributed by atoms with Gasteiger partial charge in [0.1, 0.15) is 5.69 Å². The first kappa shape index (κ1) is 22.8. The zero-order chi connectivity index (χ0) is 23.6. The maximum absolute atomic E-state index is 12.6. The van der Waals surface area contributed by atoms with E-state index in [9.17, 15) is 4.79 Å². The fourth-order valence-electron chi connectivity index (χ4n) is 3.55. The van der Waals surface area contributed by atoms with E-state index in [1.54, 1.807) is 0 Å². The smallest absolute Gasteiger partial charge is 0.240 e. The van der Waals surface area contributed by atoms with Crippen LogP contribution < -0.4 is 15.5 Å². The summed E-state index contributed by atoms with van der Waals surface area (Å²) < 4.78 is 1.84. The van der Waals surface area contributed by atoms with Crippen molar-refractivity contribution in [2.45, 2.75) is 39.3 Å². The van der Waals surface area contributed by atoms with Gasteiger partial charge in [0, 0.05) is 18.2 Å². The third-order valence-electron chi connectivity index (χ3n) is 5.12. The van der Waals surface area contributed by atoms with Gasteiger partial charge in [-0.2, -0.15) is 4.52 Å². The molecule has 0 unspecified atom stereocenters. The minimum atomic E-state index is -0.164. The summed E-state index contributed by atoms with van der Waals surface area (Å²) in [6.45, 7) is 8.53. The van der Waals surface area contributed by atoms with Gasteiger partial charge in [0.15, 0.2) is 5.82 Å². The number of carbonyl (C=O) groups excluding carboxylic acids is 1. The normalized spacial score (nSPS) is 12.5. The van der Waals surface area contributed by atoms with Gasteiger partial charge < -0.3 is 15.5 Å². The number of hydrogen-bond donors (Lipinski definition) is 2. The molecule has 2 heterocycles. The molecule has 172 valence electrons. The van der Waals surface area contributed by atoms with Crippen molar-refractivity contribution in [3.05, 3.63) is 66.2 Å². The molecular formula is C25H30N6OS. The van der Waals surface area contributed by atoms with Crippen molar-refractivity contribution in [1.29, 1.82) is 0 Å². The van der Waals surface area contributed by atoms with Gasteiger partial charge >= 0.3 is 0 Å². The zero-order valence-corrected chi connectivity index (χ0v) is 20.5. The number of benzene rings is 2. The van der Waals surface area contributed by atoms with Crippen LogP contribution in [0.4, 0.5) is 10.9 Å². The molecule has 1 atom stereocenters. The summed E-state index contributed by atoms with van der Waals surface area (Å²) >= 11 is 1.46. The molecule has 4 rings (SSSR count). The number of hydrogen-bond acceptors (Lipinski definition) is 6. The van der Waals surface area contributed by atoms with Gasteiger partial charge in [-0.15, -0.1) is 5.10 Å². The van der Waals surface area contributed by atoms with Gasteiger partial charge in [-0.1, -0.05) is 72.0 Å². The maximum Gasteiger partial charge on any atom is 0.240 e. The van der Waals surface area contributed by atoms with Crippen molar-refractivity contribution < 1.29 is 4.79 Å². The number of rotatable bonds is 7. The lowest BCUT2D eigenvalue weighted by atomic mass is 10.1. The highest BCUT2D eigenvalue weighted by atomic mass is 32.1. The number of imidazole rings is 1. The Balaban J connectivity index is 1.55. The van der Waals surface area contributed by atoms with Crippen LogP contribution in [-0.2, 0) is 4.79 Å². The highest BCUT2D eigenvalue weighted by Gasteiger charge is 2.23. The Labute approximate surface area is 198 Å². The minimum Gasteiger partial charge on any atom is -0.364 e. The van der Waals surface area contributed by atoms with Gasteiger partial charge in [0.05, 0.1) is 12.6 Å². The van der Waals surface area contributed by atoms with E-state index in [1.165, 1.54) is 11.3 Å². The standard InChI is InChI=1S/C25H30N6OS/c1-17(18-12-8-6-9-13-18)26-20(32)16-30(5)24-29-31-22(28-25(2,3)4)21(27-23(31)33-24)19-14-10-7-11-15-19/h6-15,17,28H,16H2,1-5H3,(H,26,32)/t17-/m0/s1. The van der Waals surface area contributed by atoms with Crippen molar-refractivity contribution in [3.63, 3.8) is 0 Å². The molecule has 4 aromatic rings. The molecule has 8 heteroatoms. The number of carbonyl (C=O) groups is 1. The molecule has 0 radical (unpaired) electrons. The molecule has 0 bridgehead atoms. The van der Waals surface area contributed by atoms with Crippen LogP contribution in [0.5, 0.6) is 0 Å². The van der Waals surface area contributed by atoms with E-state index in [2.05, 4.69) is 31.4 Å². The Bertz CT molecular complexity index is 1230. The molecule has 1 amide bonds. The Kier molecular flexibility index (Phi) is 6.37. The van der Waals surface area contributed by atoms with Crippen molar-refractivity contribution in [3.8, 4) is 11.3 Å². The largest absolute Gasteiger partial charge is 0.364 e. The Morgan fingerprint density at radius 3 is 2.36 bits per heavy atom. The summed E-state index contributed by atoms with van der Waals surface area (Å²) in [5.41, 5.74) is 2.81. The molecule has 33 heavy (non-hydrogen) atoms. The van der Waals surface area contributed by atoms with E-state index in [0.29, 0.717) is 0 Å². The van der Waals surface area contributed by atoms with Gasteiger partial charge in [0.25, 0.3) is 0 Å². The predicted molar refractivity (Wildman–Crippen MR) is 136 cm³/mol. The first-order chi connectivity index (χ1) is 15.7. The third-order valence-corrected chi connectivity index (χ3v) is 6.14. The number of aromatic nitrogens is 3. The Morgan fingerprint density at radius 2 is 1.73 bits per heavy atom. The molecule has 0 saturated heterocycles. The first-order valence-electron chi connectivity index (χ1n) is 11.0. The fourth-order valence-corrected chi connectivity index (χ4v) is 4.41. The topological polar surface area (TPSA) is 74.6 Å². The molecule has 2 aromatic heterocycles. The number of fused-ring (bicyclic) bond motifs is 1. The van der Waals surface area contributed by atoms with Crippen molar-refractivity contribution in [1.82, 2.24) is 19.9 Å². The summed E-state index contributed by atoms with van der Waals surface area (Å²) in [6.07, 6.45) is 0. The summed E-state index contributed by atoms with van der Waals surface area (Å²) in [5.74, 6) is 0.793. The van der Waals surface area contributed by atoms with Crippen LogP contribution in [0.25, 0.3) is 16.2 Å². The molecule has 0 spiro atoms. The average Bonchev–Trinajstić information content (AvgIpc) is 3.33. The molecule has 7 nitrogen and oxygen atoms in total. The SMILES string of the molecule is C[C@H](NC(=O)CN(C)c1nn2c(NC(C)(C)C)c(-c3ccccc3)nc2s1)c1ccccc1. The van der Waals surface area contributed by atoms with Crippen LogP contribution in [0, 0.1) is 0 Å². The molecule has 0 aliphatic heterocycles. The van der Waals surface area contributed by atoms with E-state index >= 15 is 0 Å². The maximum atomic E-state index is 12.6. The van der Waals surface area contributed by atoms with E-state index < -0.39 is 0 Å². The van der Waals surface area contributed by atoms with Crippen LogP contribution in [-0.4, -0.2) is 39.6 Å². The highest BCUT2D eigenvalue weighted by molar-refractivity contribution is 7.20. The summed E-state index contributed by atoms with van der Waals surface area (Å²) in [5, 5.41) is 12.1. The summed E-state index contributed by atoms with van der Waals surface area (Å²) in [7, 11) is 1.88. The quantitative estimate of drug-likeness (QED) is 0.405. The number of nitrogens with one attached hydrogen (secondary N) is 2. The van der Waals surface area contributed by atoms with Gasteiger partial charge in [-0.3, -0.25) is 4.79 Å². The molecule has 0 fully saturated rings. The first-order valence-corrected chi connectivity index (χ1v) is 11.8. The molecule has 0 saturated carbocycles. The lowest BCUT2D eigenvalue weighted by molar-refractivity contribution is -0.120. The second kappa shape index (κ2) is 9.23. The second-order valence-corrected chi connectivity index (χ2v) is 10.1. The lowest BCUT2D eigenvalue weighted by Crippen LogP contribution is -2.36. The van der Waals surface area contributed by atoms with Crippen LogP contribution in [0.2, 0.25) is 0 Å². The summed E-state index contributed by atoms with van der Waals surface area (Å²) in [4.78, 5) is 20.1. The van der Waals surface area contributed by atoms with Gasteiger partial charge in [0.2, 0.25) is 16.0 Å². The van der Waals surface area contributed by atoms with Crippen LogP contribution in [0.15, 0.2) is 60.7 Å². The van der Waals surface area contributed by atoms with E-state index in [1.807, 2.05) is 84.1 Å². The Hall–Kier alpha value is -3.39. The number of likely N-dealkylation sites (N-methyl/N-ethyl adjacent to an activating group) is 1. The van der Waals surface area contributed by atoms with Crippen LogP contribution in [0.1, 0.15) is 39.3 Å². The molecule has 0 aliphatic carbocycles. The fraction of sp³-hybridized carbons (Fsp3) is 0.320. The van der Waals surface area contributed by atoms with Gasteiger partial charge in [-0.25, -0.2) is 4.98 Å². The third kappa shape index (κ3) is 5.34. The monoisotopic (exact) mass is 462 g/mol. The van der Waals surface area contributed by atoms with Crippen LogP contribution >= 0.6 is 11.3 Å². The second-order valence-electron chi connectivity index (χ2n) is 9.19. The lowest BCUT2D eigenvalue weighted by Gasteiger charge is -2.22. The Morgan fingerprint density at radius 1 is 1.09 bits per heavy atom. The number of anilines is 2. The predicted octanol–water partition coefficient (Wildman–Crippen LogP) is 4.98. The molecule has 2 aromatic carbocycles. The van der Waals surface area contributed by atoms with Crippen molar-refractivity contribution >= 4 is 33.2 Å². The number of amides is 1. The highest BCUT2D eigenvalue weighted by Crippen LogP contribution is 2.34. The van der Waals surface area contributed by atoms with Crippen molar-refractivity contribution in [2.24, 2.45) is 0 Å². The van der Waals surface area contributed by atoms with Crippen molar-refractivity contribution in [2.75, 3.05) is 23.8 Å². The van der Waals surface area contributed by atoms with Gasteiger partial charge in [-0.05, 0) is 33.3 Å². The average molecular weight is 463 g/mol. The zero-order valence-electron chi connectivity index (χ0n) is 19.7. The van der Waals surface area contributed by atoms with E-state index in [4.69, 9.17) is 10.1 Å². The van der Waals surface area contributed by atoms with Crippen LogP contribution in [0.3, 0.4) is 0 Å². The van der Waals surface area contributed by atoms with E-state index in [0.717, 1.165) is 32.7 Å². The van der Waals surface area contributed by atoms with E-state index in [-0.39, 0.29) is 24.0 Å².